The normalized spacial score (nSPS) is 15.9. The molecule has 1 aliphatic heterocycles. The first kappa shape index (κ1) is 19.8. The molecular weight excluding hydrogens is 373 g/mol. The molecule has 27 heavy (non-hydrogen) atoms. The van der Waals surface area contributed by atoms with E-state index in [0.29, 0.717) is 23.8 Å². The molecular formula is C17H24N3O6P. The number of fused-ring (bicyclic) bond motifs is 1. The average molecular weight is 397 g/mol. The maximum absolute atomic E-state index is 10.8. The molecule has 1 aliphatic rings. The Balaban J connectivity index is 1.71. The quantitative estimate of drug-likeness (QED) is 0.680. The zero-order valence-electron chi connectivity index (χ0n) is 15.4. The van der Waals surface area contributed by atoms with Gasteiger partial charge in [0.05, 0.1) is 26.3 Å². The van der Waals surface area contributed by atoms with Crippen molar-refractivity contribution >= 4 is 24.5 Å². The summed E-state index contributed by atoms with van der Waals surface area (Å²) in [6, 6.07) is 3.73. The lowest BCUT2D eigenvalue weighted by Gasteiger charge is -2.33. The fraction of sp³-hybridized carbons (Fsp3) is 0.529. The number of aromatic nitrogens is 2. The molecule has 0 saturated carbocycles. The Kier molecular flexibility index (Phi) is 6.16. The predicted octanol–water partition coefficient (Wildman–Crippen LogP) is 2.36. The number of ether oxygens (including phenoxy) is 2. The standard InChI is InChI=1S/C17H24N3O6P/c1-24-15-9-13-14(10-16(15)25-2)18-11-19-17(13)20-6-3-12(4-7-20)5-8-26-27(21,22)23/h9-12H,3-8H2,1-2H3,(H2,21,22,23). The number of phosphoric acid groups is 1. The van der Waals surface area contributed by atoms with Crippen LogP contribution in [0, 0.1) is 5.92 Å². The van der Waals surface area contributed by atoms with E-state index >= 15 is 0 Å². The van der Waals surface area contributed by atoms with E-state index in [2.05, 4.69) is 19.4 Å². The van der Waals surface area contributed by atoms with E-state index in [-0.39, 0.29) is 6.61 Å². The van der Waals surface area contributed by atoms with Gasteiger partial charge in [-0.2, -0.15) is 0 Å². The Morgan fingerprint density at radius 1 is 1.15 bits per heavy atom. The first-order chi connectivity index (χ1) is 12.9. The third kappa shape index (κ3) is 4.87. The van der Waals surface area contributed by atoms with Gasteiger partial charge in [0.2, 0.25) is 0 Å². The number of phosphoric ester groups is 1. The molecule has 2 aromatic rings. The molecule has 10 heteroatoms. The molecule has 1 fully saturated rings. The number of anilines is 1. The second kappa shape index (κ2) is 8.39. The van der Waals surface area contributed by atoms with Crippen LogP contribution in [0.5, 0.6) is 11.5 Å². The maximum atomic E-state index is 10.8. The van der Waals surface area contributed by atoms with Crippen LogP contribution in [-0.4, -0.2) is 53.7 Å². The minimum atomic E-state index is -4.38. The summed E-state index contributed by atoms with van der Waals surface area (Å²) < 4.78 is 26.1. The Morgan fingerprint density at radius 3 is 2.44 bits per heavy atom. The number of rotatable bonds is 7. The molecule has 1 aromatic carbocycles. The fourth-order valence-corrected chi connectivity index (χ4v) is 3.74. The highest BCUT2D eigenvalue weighted by Crippen LogP contribution is 2.38. The highest BCUT2D eigenvalue weighted by Gasteiger charge is 2.23. The van der Waals surface area contributed by atoms with Gasteiger partial charge >= 0.3 is 7.82 Å². The van der Waals surface area contributed by atoms with Crippen molar-refractivity contribution < 1.29 is 28.3 Å². The van der Waals surface area contributed by atoms with Crippen molar-refractivity contribution in [1.29, 1.82) is 0 Å². The summed E-state index contributed by atoms with van der Waals surface area (Å²) in [6.07, 6.45) is 3.99. The molecule has 3 rings (SSSR count). The highest BCUT2D eigenvalue weighted by molar-refractivity contribution is 7.46. The molecule has 0 amide bonds. The molecule has 2 heterocycles. The molecule has 148 valence electrons. The van der Waals surface area contributed by atoms with Gasteiger partial charge in [0, 0.05) is 24.5 Å². The second-order valence-corrected chi connectivity index (χ2v) is 7.70. The Labute approximate surface area is 157 Å². The van der Waals surface area contributed by atoms with Gasteiger partial charge in [-0.1, -0.05) is 0 Å². The summed E-state index contributed by atoms with van der Waals surface area (Å²) in [7, 11) is -1.20. The van der Waals surface area contributed by atoms with Crippen molar-refractivity contribution in [2.45, 2.75) is 19.3 Å². The lowest BCUT2D eigenvalue weighted by molar-refractivity contribution is 0.179. The molecule has 1 aromatic heterocycles. The Bertz CT molecular complexity index is 835. The fourth-order valence-electron chi connectivity index (χ4n) is 3.39. The van der Waals surface area contributed by atoms with E-state index in [0.717, 1.165) is 42.7 Å². The minimum Gasteiger partial charge on any atom is -0.493 e. The first-order valence-corrected chi connectivity index (χ1v) is 10.3. The molecule has 9 nitrogen and oxygen atoms in total. The molecule has 0 radical (unpaired) electrons. The van der Waals surface area contributed by atoms with Gasteiger partial charge in [0.15, 0.2) is 11.5 Å². The molecule has 1 saturated heterocycles. The molecule has 0 unspecified atom stereocenters. The van der Waals surface area contributed by atoms with Crippen molar-refractivity contribution in [3.05, 3.63) is 18.5 Å². The minimum absolute atomic E-state index is 0.0718. The van der Waals surface area contributed by atoms with Crippen molar-refractivity contribution in [3.63, 3.8) is 0 Å². The van der Waals surface area contributed by atoms with Crippen molar-refractivity contribution in [1.82, 2.24) is 9.97 Å². The third-order valence-corrected chi connectivity index (χ3v) is 5.34. The monoisotopic (exact) mass is 397 g/mol. The number of hydrogen-bond acceptors (Lipinski definition) is 7. The van der Waals surface area contributed by atoms with Crippen LogP contribution >= 0.6 is 7.82 Å². The highest BCUT2D eigenvalue weighted by atomic mass is 31.2. The van der Waals surface area contributed by atoms with Crippen LogP contribution in [0.4, 0.5) is 5.82 Å². The SMILES string of the molecule is COc1cc2ncnc(N3CCC(CCOP(=O)(O)O)CC3)c2cc1OC. The van der Waals surface area contributed by atoms with Gasteiger partial charge in [-0.15, -0.1) is 0 Å². The van der Waals surface area contributed by atoms with Crippen molar-refractivity contribution in [2.24, 2.45) is 5.92 Å². The molecule has 0 bridgehead atoms. The van der Waals surface area contributed by atoms with Crippen molar-refractivity contribution in [2.75, 3.05) is 38.8 Å². The largest absolute Gasteiger partial charge is 0.493 e. The zero-order chi connectivity index (χ0) is 19.4. The van der Waals surface area contributed by atoms with Crippen LogP contribution in [-0.2, 0) is 9.09 Å². The van der Waals surface area contributed by atoms with E-state index in [1.165, 1.54) is 0 Å². The lowest BCUT2D eigenvalue weighted by atomic mass is 9.94. The van der Waals surface area contributed by atoms with Gasteiger partial charge in [0.25, 0.3) is 0 Å². The Morgan fingerprint density at radius 2 is 1.81 bits per heavy atom. The topological polar surface area (TPSA) is 114 Å². The Hall–Kier alpha value is -1.93. The third-order valence-electron chi connectivity index (χ3n) is 4.82. The van der Waals surface area contributed by atoms with Crippen LogP contribution in [0.2, 0.25) is 0 Å². The molecule has 0 spiro atoms. The number of nitrogens with zero attached hydrogens (tertiary/aromatic N) is 3. The van der Waals surface area contributed by atoms with E-state index in [9.17, 15) is 4.57 Å². The number of methoxy groups -OCH3 is 2. The number of piperidine rings is 1. The predicted molar refractivity (Wildman–Crippen MR) is 100 cm³/mol. The number of benzene rings is 1. The van der Waals surface area contributed by atoms with Gasteiger partial charge < -0.3 is 24.2 Å². The van der Waals surface area contributed by atoms with E-state index in [4.69, 9.17) is 19.3 Å². The van der Waals surface area contributed by atoms with Crippen LogP contribution < -0.4 is 14.4 Å². The summed E-state index contributed by atoms with van der Waals surface area (Å²) >= 11 is 0. The smallest absolute Gasteiger partial charge is 0.469 e. The van der Waals surface area contributed by atoms with Crippen LogP contribution in [0.25, 0.3) is 10.9 Å². The van der Waals surface area contributed by atoms with E-state index in [1.54, 1.807) is 20.5 Å². The summed E-state index contributed by atoms with van der Waals surface area (Å²) in [5.74, 6) is 2.48. The van der Waals surface area contributed by atoms with Crippen LogP contribution in [0.1, 0.15) is 19.3 Å². The van der Waals surface area contributed by atoms with Gasteiger partial charge in [0.1, 0.15) is 12.1 Å². The van der Waals surface area contributed by atoms with Gasteiger partial charge in [-0.25, -0.2) is 14.5 Å². The average Bonchev–Trinajstić information content (AvgIpc) is 2.66. The van der Waals surface area contributed by atoms with Crippen LogP contribution in [0.3, 0.4) is 0 Å². The van der Waals surface area contributed by atoms with E-state index < -0.39 is 7.82 Å². The lowest BCUT2D eigenvalue weighted by Crippen LogP contribution is -2.34. The summed E-state index contributed by atoms with van der Waals surface area (Å²) in [4.78, 5) is 28.5. The van der Waals surface area contributed by atoms with Gasteiger partial charge in [-0.3, -0.25) is 4.52 Å². The van der Waals surface area contributed by atoms with E-state index in [1.807, 2.05) is 12.1 Å². The molecule has 0 atom stereocenters. The summed E-state index contributed by atoms with van der Waals surface area (Å²) in [5, 5.41) is 0.901. The summed E-state index contributed by atoms with van der Waals surface area (Å²) in [6.45, 7) is 1.68. The second-order valence-electron chi connectivity index (χ2n) is 6.46. The zero-order valence-corrected chi connectivity index (χ0v) is 16.3. The van der Waals surface area contributed by atoms with Crippen LogP contribution in [0.15, 0.2) is 18.5 Å². The molecule has 0 aliphatic carbocycles. The number of hydrogen-bond donors (Lipinski definition) is 2. The summed E-state index contributed by atoms with van der Waals surface area (Å²) in [5.41, 5.74) is 0.787. The van der Waals surface area contributed by atoms with Gasteiger partial charge in [-0.05, 0) is 31.2 Å². The molecule has 2 N–H and O–H groups in total. The van der Waals surface area contributed by atoms with Crippen molar-refractivity contribution in [3.8, 4) is 11.5 Å². The first-order valence-electron chi connectivity index (χ1n) is 8.73. The maximum Gasteiger partial charge on any atom is 0.469 e.